The van der Waals surface area contributed by atoms with Gasteiger partial charge >= 0.3 is 12.1 Å². The second kappa shape index (κ2) is 6.48. The molecule has 0 aliphatic rings. The monoisotopic (exact) mass is 320 g/mol. The van der Waals surface area contributed by atoms with Gasteiger partial charge in [0.05, 0.1) is 11.1 Å². The lowest BCUT2D eigenvalue weighted by Crippen LogP contribution is -2.06. The highest BCUT2D eigenvalue weighted by Crippen LogP contribution is 2.29. The molecule has 2 aromatic carbocycles. The predicted molar refractivity (Wildman–Crippen MR) is 78.2 cm³/mol. The molecule has 0 fully saturated rings. The number of hydrogen-bond donors (Lipinski definition) is 1. The van der Waals surface area contributed by atoms with Crippen molar-refractivity contribution in [1.29, 1.82) is 0 Å². The molecule has 2 rings (SSSR count). The van der Waals surface area contributed by atoms with E-state index in [1.807, 2.05) is 0 Å². The fourth-order valence-corrected chi connectivity index (χ4v) is 1.85. The molecular formula is C17H11F3O3. The van der Waals surface area contributed by atoms with E-state index in [9.17, 15) is 22.8 Å². The first-order chi connectivity index (χ1) is 10.8. The highest BCUT2D eigenvalue weighted by molar-refractivity contribution is 6.06. The molecule has 0 aliphatic carbocycles. The van der Waals surface area contributed by atoms with E-state index in [4.69, 9.17) is 5.11 Å². The van der Waals surface area contributed by atoms with Crippen molar-refractivity contribution in [3.05, 3.63) is 76.9 Å². The first-order valence-corrected chi connectivity index (χ1v) is 6.50. The van der Waals surface area contributed by atoms with E-state index in [2.05, 4.69) is 0 Å². The highest BCUT2D eigenvalue weighted by atomic mass is 19.4. The number of rotatable bonds is 4. The number of ketones is 1. The summed E-state index contributed by atoms with van der Waals surface area (Å²) in [6, 6.07) is 9.90. The van der Waals surface area contributed by atoms with Gasteiger partial charge in [0.1, 0.15) is 0 Å². The van der Waals surface area contributed by atoms with Gasteiger partial charge in [-0.15, -0.1) is 0 Å². The Kier molecular flexibility index (Phi) is 4.64. The number of carboxylic acids is 1. The van der Waals surface area contributed by atoms with Gasteiger partial charge in [0, 0.05) is 5.56 Å². The zero-order valence-electron chi connectivity index (χ0n) is 11.7. The molecule has 6 heteroatoms. The summed E-state index contributed by atoms with van der Waals surface area (Å²) in [4.78, 5) is 22.6. The summed E-state index contributed by atoms with van der Waals surface area (Å²) >= 11 is 0. The first-order valence-electron chi connectivity index (χ1n) is 6.50. The van der Waals surface area contributed by atoms with E-state index in [0.29, 0.717) is 5.56 Å². The van der Waals surface area contributed by atoms with E-state index >= 15 is 0 Å². The molecule has 23 heavy (non-hydrogen) atoms. The third kappa shape index (κ3) is 4.29. The smallest absolute Gasteiger partial charge is 0.416 e. The molecule has 0 spiro atoms. The molecule has 0 heterocycles. The van der Waals surface area contributed by atoms with Crippen LogP contribution in [-0.4, -0.2) is 16.9 Å². The number of carboxylic acid groups (broad SMARTS) is 1. The van der Waals surface area contributed by atoms with E-state index in [-0.39, 0.29) is 11.1 Å². The number of aromatic carboxylic acids is 1. The van der Waals surface area contributed by atoms with Gasteiger partial charge in [-0.3, -0.25) is 4.79 Å². The van der Waals surface area contributed by atoms with Crippen LogP contribution in [-0.2, 0) is 6.18 Å². The number of halogens is 3. The summed E-state index contributed by atoms with van der Waals surface area (Å²) in [7, 11) is 0. The van der Waals surface area contributed by atoms with Crippen molar-refractivity contribution in [2.45, 2.75) is 6.18 Å². The van der Waals surface area contributed by atoms with E-state index in [1.54, 1.807) is 0 Å². The molecule has 0 aromatic heterocycles. The van der Waals surface area contributed by atoms with Crippen molar-refractivity contribution in [3.8, 4) is 0 Å². The highest BCUT2D eigenvalue weighted by Gasteiger charge is 2.30. The van der Waals surface area contributed by atoms with Crippen LogP contribution < -0.4 is 0 Å². The van der Waals surface area contributed by atoms with Gasteiger partial charge in [-0.2, -0.15) is 13.2 Å². The van der Waals surface area contributed by atoms with Gasteiger partial charge in [-0.1, -0.05) is 30.3 Å². The molecule has 0 saturated carbocycles. The minimum absolute atomic E-state index is 0.0711. The van der Waals surface area contributed by atoms with Gasteiger partial charge in [0.15, 0.2) is 5.78 Å². The fourth-order valence-electron chi connectivity index (χ4n) is 1.85. The molecule has 0 radical (unpaired) electrons. The predicted octanol–water partition coefficient (Wildman–Crippen LogP) is 4.30. The van der Waals surface area contributed by atoms with Gasteiger partial charge in [0.25, 0.3) is 0 Å². The van der Waals surface area contributed by atoms with Gasteiger partial charge in [0.2, 0.25) is 0 Å². The lowest BCUT2D eigenvalue weighted by Gasteiger charge is -2.07. The molecule has 0 saturated heterocycles. The van der Waals surface area contributed by atoms with E-state index < -0.39 is 23.5 Å². The molecule has 0 aliphatic heterocycles. The molecule has 118 valence electrons. The van der Waals surface area contributed by atoms with Crippen molar-refractivity contribution < 1.29 is 27.9 Å². The third-order valence-corrected chi connectivity index (χ3v) is 3.06. The second-order valence-corrected chi connectivity index (χ2v) is 4.70. The summed E-state index contributed by atoms with van der Waals surface area (Å²) in [5.74, 6) is -1.64. The van der Waals surface area contributed by atoms with Gasteiger partial charge < -0.3 is 5.11 Å². The van der Waals surface area contributed by atoms with Crippen LogP contribution in [0.15, 0.2) is 54.6 Å². The topological polar surface area (TPSA) is 54.4 Å². The second-order valence-electron chi connectivity index (χ2n) is 4.70. The maximum atomic E-state index is 12.6. The van der Waals surface area contributed by atoms with Crippen LogP contribution in [0.1, 0.15) is 31.8 Å². The quantitative estimate of drug-likeness (QED) is 0.675. The van der Waals surface area contributed by atoms with E-state index in [1.165, 1.54) is 42.5 Å². The lowest BCUT2D eigenvalue weighted by molar-refractivity contribution is -0.137. The Morgan fingerprint density at radius 2 is 1.61 bits per heavy atom. The number of hydrogen-bond acceptors (Lipinski definition) is 2. The SMILES string of the molecule is O=C(O)c1ccc(C=CC(=O)c2cccc(C(F)(F)F)c2)cc1. The maximum absolute atomic E-state index is 12.6. The number of benzene rings is 2. The normalized spacial score (nSPS) is 11.6. The summed E-state index contributed by atoms with van der Waals surface area (Å²) in [5.41, 5.74) is -0.289. The van der Waals surface area contributed by atoms with Crippen molar-refractivity contribution in [2.75, 3.05) is 0 Å². The number of allylic oxidation sites excluding steroid dienone is 1. The number of alkyl halides is 3. The van der Waals surface area contributed by atoms with E-state index in [0.717, 1.165) is 18.2 Å². The summed E-state index contributed by atoms with van der Waals surface area (Å²) < 4.78 is 37.8. The largest absolute Gasteiger partial charge is 0.478 e. The minimum atomic E-state index is -4.51. The molecule has 3 nitrogen and oxygen atoms in total. The minimum Gasteiger partial charge on any atom is -0.478 e. The zero-order chi connectivity index (χ0) is 17.0. The van der Waals surface area contributed by atoms with Crippen LogP contribution >= 0.6 is 0 Å². The molecular weight excluding hydrogens is 309 g/mol. The summed E-state index contributed by atoms with van der Waals surface area (Å²) in [5, 5.41) is 8.77. The number of carbonyl (C=O) groups is 2. The summed E-state index contributed by atoms with van der Waals surface area (Å²) in [6.07, 6.45) is -1.95. The van der Waals surface area contributed by atoms with Crippen LogP contribution in [0, 0.1) is 0 Å². The van der Waals surface area contributed by atoms with Crippen molar-refractivity contribution >= 4 is 17.8 Å². The molecule has 0 unspecified atom stereocenters. The Bertz CT molecular complexity index is 759. The summed E-state index contributed by atoms with van der Waals surface area (Å²) in [6.45, 7) is 0. The maximum Gasteiger partial charge on any atom is 0.416 e. The average molecular weight is 320 g/mol. The molecule has 2 aromatic rings. The first kappa shape index (κ1) is 16.5. The van der Waals surface area contributed by atoms with Crippen LogP contribution in [0.4, 0.5) is 13.2 Å². The average Bonchev–Trinajstić information content (AvgIpc) is 2.52. The Labute approximate surface area is 129 Å². The van der Waals surface area contributed by atoms with Crippen LogP contribution in [0.2, 0.25) is 0 Å². The van der Waals surface area contributed by atoms with Gasteiger partial charge in [-0.25, -0.2) is 4.79 Å². The lowest BCUT2D eigenvalue weighted by atomic mass is 10.1. The standard InChI is InChI=1S/C17H11F3O3/c18-17(19,20)14-3-1-2-13(10-14)15(21)9-6-11-4-7-12(8-5-11)16(22)23/h1-10H,(H,22,23). The molecule has 0 atom stereocenters. The van der Waals surface area contributed by atoms with Crippen LogP contribution in [0.5, 0.6) is 0 Å². The zero-order valence-corrected chi connectivity index (χ0v) is 11.7. The number of carbonyl (C=O) groups excluding carboxylic acids is 1. The van der Waals surface area contributed by atoms with Crippen molar-refractivity contribution in [2.24, 2.45) is 0 Å². The van der Waals surface area contributed by atoms with Crippen molar-refractivity contribution in [1.82, 2.24) is 0 Å². The Morgan fingerprint density at radius 3 is 2.17 bits per heavy atom. The molecule has 0 amide bonds. The fraction of sp³-hybridized carbons (Fsp3) is 0.0588. The Balaban J connectivity index is 2.17. The Hall–Kier alpha value is -2.89. The Morgan fingerprint density at radius 1 is 0.957 bits per heavy atom. The van der Waals surface area contributed by atoms with Gasteiger partial charge in [-0.05, 0) is 35.9 Å². The third-order valence-electron chi connectivity index (χ3n) is 3.06. The van der Waals surface area contributed by atoms with Crippen LogP contribution in [0.25, 0.3) is 6.08 Å². The van der Waals surface area contributed by atoms with Crippen molar-refractivity contribution in [3.63, 3.8) is 0 Å². The van der Waals surface area contributed by atoms with Crippen LogP contribution in [0.3, 0.4) is 0 Å². The molecule has 1 N–H and O–H groups in total. The molecule has 0 bridgehead atoms.